The number of hydrogen-bond acceptors (Lipinski definition) is 9. The summed E-state index contributed by atoms with van der Waals surface area (Å²) in [6, 6.07) is 0.737. The minimum atomic E-state index is -1.80. The highest BCUT2D eigenvalue weighted by molar-refractivity contribution is 6.47. The van der Waals surface area contributed by atoms with Gasteiger partial charge >= 0.3 is 30.9 Å². The molecule has 6 N–H and O–H groups in total. The average molecular weight is 577 g/mol. The molecule has 1 saturated heterocycles. The van der Waals surface area contributed by atoms with Gasteiger partial charge in [0, 0.05) is 19.6 Å². The Hall–Kier alpha value is -4.44. The van der Waals surface area contributed by atoms with Gasteiger partial charge in [0.2, 0.25) is 5.91 Å². The smallest absolute Gasteiger partial charge is 0.534 e. The van der Waals surface area contributed by atoms with Crippen molar-refractivity contribution in [1.82, 2.24) is 25.4 Å². The normalized spacial score (nSPS) is 17.6. The fourth-order valence-electron chi connectivity index (χ4n) is 4.33. The molecule has 1 aromatic carbocycles. The first kappa shape index (κ1) is 28.6. The highest BCUT2D eigenvalue weighted by Gasteiger charge is 2.42. The molecular formula is C23H23BClFN6O8. The second-order valence-electron chi connectivity index (χ2n) is 8.90. The van der Waals surface area contributed by atoms with Gasteiger partial charge in [-0.25, -0.2) is 14.0 Å². The summed E-state index contributed by atoms with van der Waals surface area (Å²) in [5.41, 5.74) is 5.11. The lowest BCUT2D eigenvalue weighted by Crippen LogP contribution is -2.60. The minimum Gasteiger partial charge on any atom is -0.534 e. The SMILES string of the molecule is CCN1CCN(C(=O)NC(C(=O)N[C@H]2Cc3ccc(F)c(C(=O)O)c3OB2O)c2ncc(N)cc2Cl)C(=O)C1=O. The summed E-state index contributed by atoms with van der Waals surface area (Å²) in [6.45, 7) is 1.91. The number of piperazine rings is 1. The van der Waals surface area contributed by atoms with Crippen molar-refractivity contribution < 1.29 is 43.1 Å². The van der Waals surface area contributed by atoms with Gasteiger partial charge in [-0.15, -0.1) is 0 Å². The number of benzene rings is 1. The van der Waals surface area contributed by atoms with Gasteiger partial charge in [-0.05, 0) is 31.0 Å². The first-order chi connectivity index (χ1) is 18.9. The van der Waals surface area contributed by atoms with Crippen LogP contribution < -0.4 is 21.0 Å². The van der Waals surface area contributed by atoms with E-state index >= 15 is 0 Å². The number of pyridine rings is 1. The molecule has 4 rings (SSSR count). The Bertz CT molecular complexity index is 1410. The zero-order valence-electron chi connectivity index (χ0n) is 20.9. The number of imide groups is 1. The number of nitrogens with two attached hydrogens (primary N) is 1. The molecule has 2 aliphatic rings. The van der Waals surface area contributed by atoms with Crippen LogP contribution in [0.15, 0.2) is 24.4 Å². The largest absolute Gasteiger partial charge is 0.547 e. The number of carboxylic acids is 1. The molecule has 40 heavy (non-hydrogen) atoms. The van der Waals surface area contributed by atoms with Crippen molar-refractivity contribution >= 4 is 54.1 Å². The Morgan fingerprint density at radius 2 is 2.02 bits per heavy atom. The van der Waals surface area contributed by atoms with Gasteiger partial charge in [0.15, 0.2) is 6.04 Å². The molecular weight excluding hydrogens is 554 g/mol. The number of hydrogen-bond donors (Lipinski definition) is 5. The van der Waals surface area contributed by atoms with E-state index in [1.165, 1.54) is 23.2 Å². The van der Waals surface area contributed by atoms with Gasteiger partial charge in [0.05, 0.1) is 28.5 Å². The van der Waals surface area contributed by atoms with Gasteiger partial charge < -0.3 is 36.1 Å². The van der Waals surface area contributed by atoms with Crippen LogP contribution in [-0.4, -0.2) is 87.3 Å². The second kappa shape index (κ2) is 11.4. The van der Waals surface area contributed by atoms with E-state index in [4.69, 9.17) is 22.0 Å². The summed E-state index contributed by atoms with van der Waals surface area (Å²) >= 11 is 6.25. The maximum absolute atomic E-state index is 14.1. The van der Waals surface area contributed by atoms with Crippen LogP contribution in [0.3, 0.4) is 0 Å². The summed E-state index contributed by atoms with van der Waals surface area (Å²) in [7, 11) is -1.80. The van der Waals surface area contributed by atoms with E-state index < -0.39 is 60.2 Å². The van der Waals surface area contributed by atoms with Crippen molar-refractivity contribution in [2.75, 3.05) is 25.4 Å². The van der Waals surface area contributed by atoms with Gasteiger partial charge in [-0.2, -0.15) is 0 Å². The zero-order valence-corrected chi connectivity index (χ0v) is 21.6. The highest BCUT2D eigenvalue weighted by atomic mass is 35.5. The van der Waals surface area contributed by atoms with Crippen molar-refractivity contribution in [2.45, 2.75) is 25.3 Å². The molecule has 0 radical (unpaired) electrons. The molecule has 2 atom stereocenters. The molecule has 0 spiro atoms. The fourth-order valence-corrected chi connectivity index (χ4v) is 4.61. The number of nitrogen functional groups attached to an aromatic ring is 1. The number of halogens is 2. The monoisotopic (exact) mass is 576 g/mol. The van der Waals surface area contributed by atoms with E-state index in [1.54, 1.807) is 6.92 Å². The van der Waals surface area contributed by atoms with Crippen LogP contribution >= 0.6 is 11.6 Å². The molecule has 3 heterocycles. The summed E-state index contributed by atoms with van der Waals surface area (Å²) < 4.78 is 19.3. The van der Waals surface area contributed by atoms with Crippen molar-refractivity contribution in [3.05, 3.63) is 52.1 Å². The minimum absolute atomic E-state index is 0.0934. The van der Waals surface area contributed by atoms with Crippen molar-refractivity contribution in [1.29, 1.82) is 0 Å². The third kappa shape index (κ3) is 5.48. The second-order valence-corrected chi connectivity index (χ2v) is 9.31. The predicted octanol–water partition coefficient (Wildman–Crippen LogP) is -0.264. The van der Waals surface area contributed by atoms with Crippen LogP contribution in [0.1, 0.15) is 34.6 Å². The summed E-state index contributed by atoms with van der Waals surface area (Å²) in [4.78, 5) is 68.7. The maximum atomic E-state index is 14.1. The van der Waals surface area contributed by atoms with E-state index in [1.807, 2.05) is 0 Å². The standard InChI is InChI=1S/C23H23BClFN6O8/c1-2-31-5-6-32(21(35)20(31)34)23(38)30-17(16-12(25)8-11(27)9-28-16)19(33)29-14-7-10-3-4-13(26)15(22(36)37)18(10)40-24(14)39/h3-4,8-9,14,17,39H,2,5-7,27H2,1H3,(H,29,33)(H,30,38)(H,36,37)/t14-,17?/m0/s1. The molecule has 5 amide bonds. The van der Waals surface area contributed by atoms with E-state index in [0.717, 1.165) is 6.07 Å². The fraction of sp³-hybridized carbons (Fsp3) is 0.304. The van der Waals surface area contributed by atoms with E-state index in [2.05, 4.69) is 15.6 Å². The van der Waals surface area contributed by atoms with Gasteiger partial charge in [-0.1, -0.05) is 17.7 Å². The lowest BCUT2D eigenvalue weighted by molar-refractivity contribution is -0.153. The summed E-state index contributed by atoms with van der Waals surface area (Å²) in [6.07, 6.45) is 1.01. The molecule has 1 unspecified atom stereocenters. The Kier molecular flexibility index (Phi) is 8.11. The number of anilines is 1. The number of likely N-dealkylation sites (N-methyl/N-ethyl adjacent to an activating group) is 1. The van der Waals surface area contributed by atoms with Crippen molar-refractivity contribution in [3.63, 3.8) is 0 Å². The number of carbonyl (C=O) groups is 5. The lowest BCUT2D eigenvalue weighted by atomic mass is 9.72. The molecule has 2 aliphatic heterocycles. The number of fused-ring (bicyclic) bond motifs is 1. The third-order valence-electron chi connectivity index (χ3n) is 6.38. The van der Waals surface area contributed by atoms with Gasteiger partial charge in [0.25, 0.3) is 0 Å². The molecule has 0 aliphatic carbocycles. The highest BCUT2D eigenvalue weighted by Crippen LogP contribution is 2.32. The van der Waals surface area contributed by atoms with Crippen LogP contribution in [-0.2, 0) is 20.8 Å². The Morgan fingerprint density at radius 1 is 1.30 bits per heavy atom. The third-order valence-corrected chi connectivity index (χ3v) is 6.69. The Balaban J connectivity index is 1.59. The lowest BCUT2D eigenvalue weighted by Gasteiger charge is -2.33. The van der Waals surface area contributed by atoms with Gasteiger partial charge in [-0.3, -0.25) is 24.3 Å². The number of aromatic carboxylic acids is 1. The number of urea groups is 1. The number of aromatic nitrogens is 1. The van der Waals surface area contributed by atoms with Crippen LogP contribution in [0, 0.1) is 5.82 Å². The zero-order chi connectivity index (χ0) is 29.3. The van der Waals surface area contributed by atoms with Crippen LogP contribution in [0.2, 0.25) is 5.02 Å². The summed E-state index contributed by atoms with van der Waals surface area (Å²) in [5, 5.41) is 24.6. The van der Waals surface area contributed by atoms with Crippen molar-refractivity contribution in [2.24, 2.45) is 0 Å². The van der Waals surface area contributed by atoms with E-state index in [-0.39, 0.29) is 53.8 Å². The van der Waals surface area contributed by atoms with Gasteiger partial charge in [0.1, 0.15) is 17.1 Å². The number of nitrogens with one attached hydrogen (secondary N) is 2. The number of carboxylic acid groups (broad SMARTS) is 1. The van der Waals surface area contributed by atoms with Crippen molar-refractivity contribution in [3.8, 4) is 5.75 Å². The van der Waals surface area contributed by atoms with Crippen LogP contribution in [0.25, 0.3) is 0 Å². The molecule has 17 heteroatoms. The first-order valence-electron chi connectivity index (χ1n) is 11.9. The molecule has 210 valence electrons. The Morgan fingerprint density at radius 3 is 2.67 bits per heavy atom. The van der Waals surface area contributed by atoms with E-state index in [9.17, 15) is 38.5 Å². The molecule has 1 fully saturated rings. The molecule has 14 nitrogen and oxygen atoms in total. The number of nitrogens with zero attached hydrogens (tertiary/aromatic N) is 3. The quantitative estimate of drug-likeness (QED) is 0.225. The van der Waals surface area contributed by atoms with E-state index in [0.29, 0.717) is 4.90 Å². The average Bonchev–Trinajstić information content (AvgIpc) is 2.89. The van der Waals surface area contributed by atoms with Crippen LogP contribution in [0.5, 0.6) is 5.75 Å². The number of carbonyl (C=O) groups excluding carboxylic acids is 4. The van der Waals surface area contributed by atoms with Crippen LogP contribution in [0.4, 0.5) is 14.9 Å². The molecule has 1 aromatic heterocycles. The summed E-state index contributed by atoms with van der Waals surface area (Å²) in [5.74, 6) is -7.16. The topological polar surface area (TPSA) is 204 Å². The first-order valence-corrected chi connectivity index (χ1v) is 12.3. The molecule has 0 saturated carbocycles. The Labute approximate surface area is 231 Å². The molecule has 2 aromatic rings. The molecule has 0 bridgehead atoms. The maximum Gasteiger partial charge on any atom is 0.547 e. The number of rotatable bonds is 6. The number of amides is 5. The predicted molar refractivity (Wildman–Crippen MR) is 136 cm³/mol.